The van der Waals surface area contributed by atoms with Gasteiger partial charge in [0.1, 0.15) is 0 Å². The van der Waals surface area contributed by atoms with E-state index in [-0.39, 0.29) is 19.2 Å². The van der Waals surface area contributed by atoms with E-state index >= 15 is 0 Å². The number of aliphatic hydroxyl groups excluding tert-OH is 1. The molecule has 0 saturated heterocycles. The van der Waals surface area contributed by atoms with Gasteiger partial charge in [-0.2, -0.15) is 0 Å². The number of carbonyl (C=O) groups is 1. The standard InChI is InChI=1S/C13H18N2O3/c1-2-8-15(9-10-16)13(17)14-18-11-12-6-4-3-5-7-12/h2-7,16H,1,8-11H2,(H,14,17). The second kappa shape index (κ2) is 8.27. The fourth-order valence-corrected chi connectivity index (χ4v) is 1.37. The number of hydrogen-bond donors (Lipinski definition) is 2. The molecule has 98 valence electrons. The molecule has 0 aliphatic rings. The first kappa shape index (κ1) is 14.2. The van der Waals surface area contributed by atoms with Crippen LogP contribution in [-0.2, 0) is 11.4 Å². The lowest BCUT2D eigenvalue weighted by molar-refractivity contribution is 0.0360. The van der Waals surface area contributed by atoms with Crippen molar-refractivity contribution in [1.29, 1.82) is 0 Å². The minimum Gasteiger partial charge on any atom is -0.395 e. The quantitative estimate of drug-likeness (QED) is 0.566. The van der Waals surface area contributed by atoms with Crippen LogP contribution in [0.2, 0.25) is 0 Å². The molecule has 0 radical (unpaired) electrons. The summed E-state index contributed by atoms with van der Waals surface area (Å²) in [4.78, 5) is 18.1. The molecule has 2 amide bonds. The highest BCUT2D eigenvalue weighted by Crippen LogP contribution is 1.99. The Morgan fingerprint density at radius 2 is 2.17 bits per heavy atom. The van der Waals surface area contributed by atoms with E-state index in [1.165, 1.54) is 4.90 Å². The zero-order valence-electron chi connectivity index (χ0n) is 10.2. The van der Waals surface area contributed by atoms with Gasteiger partial charge in [-0.1, -0.05) is 36.4 Å². The maximum atomic E-state index is 11.6. The van der Waals surface area contributed by atoms with Crippen LogP contribution in [0.3, 0.4) is 0 Å². The smallest absolute Gasteiger partial charge is 0.341 e. The molecule has 18 heavy (non-hydrogen) atoms. The molecular weight excluding hydrogens is 232 g/mol. The largest absolute Gasteiger partial charge is 0.395 e. The molecule has 0 aliphatic heterocycles. The average molecular weight is 250 g/mol. The van der Waals surface area contributed by atoms with Crippen LogP contribution in [-0.4, -0.2) is 35.7 Å². The van der Waals surface area contributed by atoms with Gasteiger partial charge in [0.15, 0.2) is 0 Å². The number of hydroxylamine groups is 1. The van der Waals surface area contributed by atoms with E-state index in [1.807, 2.05) is 30.3 Å². The van der Waals surface area contributed by atoms with Gasteiger partial charge in [0.2, 0.25) is 0 Å². The van der Waals surface area contributed by atoms with Crippen LogP contribution in [0, 0.1) is 0 Å². The van der Waals surface area contributed by atoms with Gasteiger partial charge in [0, 0.05) is 13.1 Å². The molecule has 1 aromatic rings. The van der Waals surface area contributed by atoms with E-state index in [0.717, 1.165) is 5.56 Å². The van der Waals surface area contributed by atoms with E-state index in [2.05, 4.69) is 12.1 Å². The van der Waals surface area contributed by atoms with Crippen LogP contribution >= 0.6 is 0 Å². The third-order valence-electron chi connectivity index (χ3n) is 2.25. The second-order valence-electron chi connectivity index (χ2n) is 3.64. The van der Waals surface area contributed by atoms with Crippen LogP contribution in [0.15, 0.2) is 43.0 Å². The van der Waals surface area contributed by atoms with Crippen molar-refractivity contribution >= 4 is 6.03 Å². The maximum Gasteiger partial charge on any atom is 0.341 e. The van der Waals surface area contributed by atoms with E-state index in [1.54, 1.807) is 6.08 Å². The first-order valence-corrected chi connectivity index (χ1v) is 5.70. The maximum absolute atomic E-state index is 11.6. The number of amides is 2. The highest BCUT2D eigenvalue weighted by atomic mass is 16.7. The number of rotatable bonds is 7. The summed E-state index contributed by atoms with van der Waals surface area (Å²) in [6.45, 7) is 4.36. The minimum atomic E-state index is -0.389. The highest BCUT2D eigenvalue weighted by molar-refractivity contribution is 5.73. The van der Waals surface area contributed by atoms with E-state index in [9.17, 15) is 4.79 Å². The molecule has 0 saturated carbocycles. The van der Waals surface area contributed by atoms with Crippen LogP contribution in [0.1, 0.15) is 5.56 Å². The molecular formula is C13H18N2O3. The Labute approximate surface area is 107 Å². The summed E-state index contributed by atoms with van der Waals surface area (Å²) < 4.78 is 0. The van der Waals surface area contributed by atoms with Crippen molar-refractivity contribution in [2.24, 2.45) is 0 Å². The second-order valence-corrected chi connectivity index (χ2v) is 3.64. The van der Waals surface area contributed by atoms with Gasteiger partial charge in [-0.05, 0) is 5.56 Å². The van der Waals surface area contributed by atoms with Crippen molar-refractivity contribution in [2.45, 2.75) is 6.61 Å². The molecule has 0 aromatic heterocycles. The molecule has 5 heteroatoms. The summed E-state index contributed by atoms with van der Waals surface area (Å²) in [5.41, 5.74) is 3.30. The third-order valence-corrected chi connectivity index (χ3v) is 2.25. The molecule has 2 N–H and O–H groups in total. The molecule has 0 unspecified atom stereocenters. The Balaban J connectivity index is 2.33. The number of benzene rings is 1. The van der Waals surface area contributed by atoms with E-state index in [0.29, 0.717) is 13.2 Å². The molecule has 0 fully saturated rings. The Morgan fingerprint density at radius 3 is 2.78 bits per heavy atom. The van der Waals surface area contributed by atoms with Crippen molar-refractivity contribution in [2.75, 3.05) is 19.7 Å². The van der Waals surface area contributed by atoms with Crippen molar-refractivity contribution in [1.82, 2.24) is 10.4 Å². The summed E-state index contributed by atoms with van der Waals surface area (Å²) in [7, 11) is 0. The van der Waals surface area contributed by atoms with Crippen molar-refractivity contribution in [3.05, 3.63) is 48.6 Å². The SMILES string of the molecule is C=CCN(CCO)C(=O)NOCc1ccccc1. The van der Waals surface area contributed by atoms with E-state index < -0.39 is 0 Å². The number of nitrogens with zero attached hydrogens (tertiary/aromatic N) is 1. The molecule has 0 atom stereocenters. The van der Waals surface area contributed by atoms with Gasteiger partial charge in [0.05, 0.1) is 13.2 Å². The predicted octanol–water partition coefficient (Wildman–Crippen LogP) is 1.31. The number of urea groups is 1. The van der Waals surface area contributed by atoms with Gasteiger partial charge in [-0.15, -0.1) is 6.58 Å². The number of nitrogens with one attached hydrogen (secondary N) is 1. The molecule has 1 aromatic carbocycles. The monoisotopic (exact) mass is 250 g/mol. The van der Waals surface area contributed by atoms with Gasteiger partial charge >= 0.3 is 6.03 Å². The van der Waals surface area contributed by atoms with Crippen LogP contribution < -0.4 is 5.48 Å². The average Bonchev–Trinajstić information content (AvgIpc) is 2.39. The van der Waals surface area contributed by atoms with Gasteiger partial charge in [-0.25, -0.2) is 10.3 Å². The van der Waals surface area contributed by atoms with Crippen LogP contribution in [0.25, 0.3) is 0 Å². The normalized spacial score (nSPS) is 9.83. The molecule has 0 bridgehead atoms. The summed E-state index contributed by atoms with van der Waals surface area (Å²) in [5, 5.41) is 8.82. The highest BCUT2D eigenvalue weighted by Gasteiger charge is 2.10. The Morgan fingerprint density at radius 1 is 1.44 bits per heavy atom. The molecule has 0 heterocycles. The van der Waals surface area contributed by atoms with Crippen molar-refractivity contribution < 1.29 is 14.7 Å². The summed E-state index contributed by atoms with van der Waals surface area (Å²) in [6, 6.07) is 9.13. The number of carbonyl (C=O) groups excluding carboxylic acids is 1. The molecule has 1 rings (SSSR count). The summed E-state index contributed by atoms with van der Waals surface area (Å²) in [5.74, 6) is 0. The Kier molecular flexibility index (Phi) is 6.53. The third kappa shape index (κ3) is 4.99. The van der Waals surface area contributed by atoms with Crippen molar-refractivity contribution in [3.63, 3.8) is 0 Å². The number of hydrogen-bond acceptors (Lipinski definition) is 3. The summed E-state index contributed by atoms with van der Waals surface area (Å²) >= 11 is 0. The topological polar surface area (TPSA) is 61.8 Å². The Bertz CT molecular complexity index is 368. The molecule has 5 nitrogen and oxygen atoms in total. The first-order chi connectivity index (χ1) is 8.77. The van der Waals surface area contributed by atoms with Crippen LogP contribution in [0.4, 0.5) is 4.79 Å². The zero-order chi connectivity index (χ0) is 13.2. The van der Waals surface area contributed by atoms with Gasteiger partial charge in [-0.3, -0.25) is 4.84 Å². The number of aliphatic hydroxyl groups is 1. The van der Waals surface area contributed by atoms with Gasteiger partial charge < -0.3 is 10.0 Å². The fourth-order valence-electron chi connectivity index (χ4n) is 1.37. The lowest BCUT2D eigenvalue weighted by Gasteiger charge is -2.19. The van der Waals surface area contributed by atoms with E-state index in [4.69, 9.17) is 9.94 Å². The van der Waals surface area contributed by atoms with Crippen molar-refractivity contribution in [3.8, 4) is 0 Å². The fraction of sp³-hybridized carbons (Fsp3) is 0.308. The molecule has 0 aliphatic carbocycles. The lowest BCUT2D eigenvalue weighted by atomic mass is 10.2. The molecule has 0 spiro atoms. The predicted molar refractivity (Wildman–Crippen MR) is 68.6 cm³/mol. The zero-order valence-corrected chi connectivity index (χ0v) is 10.2. The first-order valence-electron chi connectivity index (χ1n) is 5.70. The van der Waals surface area contributed by atoms with Gasteiger partial charge in [0.25, 0.3) is 0 Å². The lowest BCUT2D eigenvalue weighted by Crippen LogP contribution is -2.41. The van der Waals surface area contributed by atoms with Crippen LogP contribution in [0.5, 0.6) is 0 Å². The Hall–Kier alpha value is -1.85. The minimum absolute atomic E-state index is 0.0973. The summed E-state index contributed by atoms with van der Waals surface area (Å²) in [6.07, 6.45) is 1.59.